The first-order valence-electron chi connectivity index (χ1n) is 5.80. The molecule has 1 atom stereocenters. The summed E-state index contributed by atoms with van der Waals surface area (Å²) in [6.45, 7) is 2.85. The van der Waals surface area contributed by atoms with Crippen molar-refractivity contribution in [3.8, 4) is 0 Å². The molecule has 7 nitrogen and oxygen atoms in total. The Morgan fingerprint density at radius 3 is 2.89 bits per heavy atom. The number of aliphatic hydroxyl groups excluding tert-OH is 1. The van der Waals surface area contributed by atoms with E-state index in [1.807, 2.05) is 6.92 Å². The van der Waals surface area contributed by atoms with Gasteiger partial charge in [0.2, 0.25) is 5.82 Å². The molecule has 0 aromatic carbocycles. The van der Waals surface area contributed by atoms with Gasteiger partial charge in [0.15, 0.2) is 0 Å². The number of hydrogen-bond acceptors (Lipinski definition) is 6. The van der Waals surface area contributed by atoms with Crippen molar-refractivity contribution in [1.29, 1.82) is 0 Å². The fourth-order valence-corrected chi connectivity index (χ4v) is 1.48. The molecule has 100 valence electrons. The Bertz CT molecular complexity index is 411. The second-order valence-electron chi connectivity index (χ2n) is 4.21. The normalized spacial score (nSPS) is 12.1. The Morgan fingerprint density at radius 1 is 1.61 bits per heavy atom. The number of nitro groups is 1. The van der Waals surface area contributed by atoms with Crippen LogP contribution in [-0.4, -0.2) is 28.2 Å². The lowest BCUT2D eigenvalue weighted by atomic mass is 10.1. The molecule has 4 N–H and O–H groups in total. The topological polar surface area (TPSA) is 114 Å². The number of rotatable bonds is 7. The van der Waals surface area contributed by atoms with E-state index in [1.165, 1.54) is 12.1 Å². The first-order valence-corrected chi connectivity index (χ1v) is 5.80. The van der Waals surface area contributed by atoms with Crippen LogP contribution in [0.4, 0.5) is 17.3 Å². The van der Waals surface area contributed by atoms with Crippen molar-refractivity contribution >= 4 is 17.3 Å². The summed E-state index contributed by atoms with van der Waals surface area (Å²) in [6, 6.07) is 2.87. The third kappa shape index (κ3) is 4.17. The van der Waals surface area contributed by atoms with E-state index in [2.05, 4.69) is 10.3 Å². The Hall–Kier alpha value is -1.89. The van der Waals surface area contributed by atoms with Gasteiger partial charge < -0.3 is 16.2 Å². The summed E-state index contributed by atoms with van der Waals surface area (Å²) in [7, 11) is 0. The van der Waals surface area contributed by atoms with Gasteiger partial charge in [-0.05, 0) is 24.8 Å². The molecule has 1 unspecified atom stereocenters. The predicted molar refractivity (Wildman–Crippen MR) is 69.3 cm³/mol. The Kier molecular flexibility index (Phi) is 5.31. The molecule has 0 bridgehead atoms. The fourth-order valence-electron chi connectivity index (χ4n) is 1.48. The van der Waals surface area contributed by atoms with E-state index in [4.69, 9.17) is 10.8 Å². The minimum Gasteiger partial charge on any atom is -0.396 e. The summed E-state index contributed by atoms with van der Waals surface area (Å²) >= 11 is 0. The number of aliphatic hydroxyl groups is 1. The molecule has 1 aromatic heterocycles. The molecule has 0 amide bonds. The largest absolute Gasteiger partial charge is 0.396 e. The summed E-state index contributed by atoms with van der Waals surface area (Å²) in [4.78, 5) is 13.9. The van der Waals surface area contributed by atoms with E-state index in [9.17, 15) is 10.1 Å². The van der Waals surface area contributed by atoms with Crippen molar-refractivity contribution in [3.63, 3.8) is 0 Å². The van der Waals surface area contributed by atoms with Gasteiger partial charge in [0, 0.05) is 19.2 Å². The van der Waals surface area contributed by atoms with E-state index in [1.54, 1.807) is 0 Å². The molecule has 0 saturated heterocycles. The van der Waals surface area contributed by atoms with Crippen LogP contribution in [0.2, 0.25) is 0 Å². The van der Waals surface area contributed by atoms with Crippen molar-refractivity contribution in [1.82, 2.24) is 4.98 Å². The number of nitrogens with zero attached hydrogens (tertiary/aromatic N) is 2. The number of aromatic nitrogens is 1. The molecule has 7 heteroatoms. The SMILES string of the molecule is CC(CO)CCCNc1ccc([N+](=O)[O-])c(N)n1. The van der Waals surface area contributed by atoms with Gasteiger partial charge in [-0.2, -0.15) is 0 Å². The number of pyridine rings is 1. The zero-order valence-corrected chi connectivity index (χ0v) is 10.3. The van der Waals surface area contributed by atoms with Gasteiger partial charge in [0.05, 0.1) is 4.92 Å². The fraction of sp³-hybridized carbons (Fsp3) is 0.545. The summed E-state index contributed by atoms with van der Waals surface area (Å²) < 4.78 is 0. The lowest BCUT2D eigenvalue weighted by Gasteiger charge is -2.09. The standard InChI is InChI=1S/C11H18N4O3/c1-8(7-16)3-2-6-13-10-5-4-9(15(17)18)11(12)14-10/h4-5,8,16H,2-3,6-7H2,1H3,(H3,12,13,14). The van der Waals surface area contributed by atoms with E-state index in [-0.39, 0.29) is 24.0 Å². The molecule has 0 radical (unpaired) electrons. The van der Waals surface area contributed by atoms with Crippen LogP contribution in [0.5, 0.6) is 0 Å². The van der Waals surface area contributed by atoms with Crippen molar-refractivity contribution in [2.75, 3.05) is 24.2 Å². The summed E-state index contributed by atoms with van der Waals surface area (Å²) in [5, 5.41) is 22.4. The van der Waals surface area contributed by atoms with Gasteiger partial charge in [-0.15, -0.1) is 0 Å². The van der Waals surface area contributed by atoms with Crippen LogP contribution in [0, 0.1) is 16.0 Å². The third-order valence-corrected chi connectivity index (χ3v) is 2.59. The number of anilines is 2. The van der Waals surface area contributed by atoms with Crippen LogP contribution in [0.1, 0.15) is 19.8 Å². The van der Waals surface area contributed by atoms with Crippen molar-refractivity contribution in [3.05, 3.63) is 22.2 Å². The zero-order valence-electron chi connectivity index (χ0n) is 10.3. The molecule has 1 rings (SSSR count). The maximum atomic E-state index is 10.5. The lowest BCUT2D eigenvalue weighted by molar-refractivity contribution is -0.384. The maximum Gasteiger partial charge on any atom is 0.311 e. The third-order valence-electron chi connectivity index (χ3n) is 2.59. The van der Waals surface area contributed by atoms with E-state index < -0.39 is 4.92 Å². The highest BCUT2D eigenvalue weighted by Gasteiger charge is 2.12. The number of hydrogen-bond donors (Lipinski definition) is 3. The van der Waals surface area contributed by atoms with E-state index in [0.29, 0.717) is 12.4 Å². The molecule has 0 spiro atoms. The smallest absolute Gasteiger partial charge is 0.311 e. The number of nitrogens with one attached hydrogen (secondary N) is 1. The Morgan fingerprint density at radius 2 is 2.33 bits per heavy atom. The second kappa shape index (κ2) is 6.75. The van der Waals surface area contributed by atoms with Crippen molar-refractivity contribution in [2.45, 2.75) is 19.8 Å². The van der Waals surface area contributed by atoms with E-state index in [0.717, 1.165) is 12.8 Å². The van der Waals surface area contributed by atoms with Gasteiger partial charge in [0.25, 0.3) is 0 Å². The molecule has 1 aromatic rings. The van der Waals surface area contributed by atoms with E-state index >= 15 is 0 Å². The van der Waals surface area contributed by atoms with Crippen LogP contribution in [-0.2, 0) is 0 Å². The molecule has 0 aliphatic rings. The van der Waals surface area contributed by atoms with Gasteiger partial charge in [-0.3, -0.25) is 10.1 Å². The molecule has 0 aliphatic heterocycles. The molecule has 1 heterocycles. The first-order chi connectivity index (χ1) is 8.54. The summed E-state index contributed by atoms with van der Waals surface area (Å²) in [6.07, 6.45) is 1.80. The number of nitrogens with two attached hydrogens (primary N) is 1. The van der Waals surface area contributed by atoms with Crippen LogP contribution < -0.4 is 11.1 Å². The molecular formula is C11H18N4O3. The van der Waals surface area contributed by atoms with Crippen molar-refractivity contribution in [2.24, 2.45) is 5.92 Å². The molecule has 18 heavy (non-hydrogen) atoms. The van der Waals surface area contributed by atoms with Gasteiger partial charge in [-0.25, -0.2) is 4.98 Å². The van der Waals surface area contributed by atoms with Crippen molar-refractivity contribution < 1.29 is 10.0 Å². The van der Waals surface area contributed by atoms with Crippen LogP contribution in [0.25, 0.3) is 0 Å². The average Bonchev–Trinajstić information content (AvgIpc) is 2.34. The maximum absolute atomic E-state index is 10.5. The summed E-state index contributed by atoms with van der Waals surface area (Å²) in [5.74, 6) is 0.713. The minimum absolute atomic E-state index is 0.0891. The predicted octanol–water partition coefficient (Wildman–Crippen LogP) is 1.39. The van der Waals surface area contributed by atoms with Gasteiger partial charge in [-0.1, -0.05) is 6.92 Å². The second-order valence-corrected chi connectivity index (χ2v) is 4.21. The Labute approximate surface area is 105 Å². The number of nitrogen functional groups attached to an aromatic ring is 1. The minimum atomic E-state index is -0.560. The van der Waals surface area contributed by atoms with Crippen LogP contribution in [0.3, 0.4) is 0 Å². The molecular weight excluding hydrogens is 236 g/mol. The quantitative estimate of drug-likeness (QED) is 0.385. The zero-order chi connectivity index (χ0) is 13.5. The lowest BCUT2D eigenvalue weighted by Crippen LogP contribution is -2.08. The highest BCUT2D eigenvalue weighted by atomic mass is 16.6. The molecule has 0 fully saturated rings. The highest BCUT2D eigenvalue weighted by molar-refractivity contribution is 5.57. The average molecular weight is 254 g/mol. The van der Waals surface area contributed by atoms with Gasteiger partial charge >= 0.3 is 5.69 Å². The van der Waals surface area contributed by atoms with Gasteiger partial charge in [0.1, 0.15) is 5.82 Å². The summed E-state index contributed by atoms with van der Waals surface area (Å²) in [5.41, 5.74) is 5.28. The highest BCUT2D eigenvalue weighted by Crippen LogP contribution is 2.20. The van der Waals surface area contributed by atoms with Crippen LogP contribution in [0.15, 0.2) is 12.1 Å². The Balaban J connectivity index is 2.44. The first kappa shape index (κ1) is 14.2. The van der Waals surface area contributed by atoms with Crippen LogP contribution >= 0.6 is 0 Å². The monoisotopic (exact) mass is 254 g/mol. The molecule has 0 saturated carbocycles. The molecule has 0 aliphatic carbocycles.